The van der Waals surface area contributed by atoms with Gasteiger partial charge in [-0.3, -0.25) is 15.0 Å². The second-order valence-corrected chi connectivity index (χ2v) is 6.02. The Bertz CT molecular complexity index is 264. The van der Waals surface area contributed by atoms with Gasteiger partial charge in [0.05, 0.1) is 12.1 Å². The molecule has 92 valence electrons. The van der Waals surface area contributed by atoms with Gasteiger partial charge in [0, 0.05) is 13.1 Å². The lowest BCUT2D eigenvalue weighted by atomic mass is 10.1. The van der Waals surface area contributed by atoms with Gasteiger partial charge >= 0.3 is 5.97 Å². The van der Waals surface area contributed by atoms with Crippen molar-refractivity contribution in [2.45, 2.75) is 31.3 Å². The van der Waals surface area contributed by atoms with Crippen LogP contribution in [0.5, 0.6) is 0 Å². The van der Waals surface area contributed by atoms with Crippen molar-refractivity contribution in [2.75, 3.05) is 24.7 Å². The fourth-order valence-corrected chi connectivity index (χ4v) is 4.13. The molecule has 0 radical (unpaired) electrons. The summed E-state index contributed by atoms with van der Waals surface area (Å²) in [6.07, 6.45) is 1.89. The van der Waals surface area contributed by atoms with Crippen molar-refractivity contribution in [1.29, 1.82) is 0 Å². The third kappa shape index (κ3) is 2.88. The van der Waals surface area contributed by atoms with Gasteiger partial charge in [0.25, 0.3) is 0 Å². The highest BCUT2D eigenvalue weighted by atomic mass is 32.2. The molecule has 0 bridgehead atoms. The Morgan fingerprint density at radius 3 is 3.06 bits per heavy atom. The van der Waals surface area contributed by atoms with Crippen molar-refractivity contribution in [2.24, 2.45) is 0 Å². The minimum absolute atomic E-state index is 0.251. The second kappa shape index (κ2) is 5.35. The first-order valence-corrected chi connectivity index (χ1v) is 7.20. The molecule has 2 fully saturated rings. The SMILES string of the molecule is O=C(O)CCCCN1CNC2C[S+]([O-])CC21. The van der Waals surface area contributed by atoms with Crippen molar-refractivity contribution in [3.05, 3.63) is 0 Å². The first-order valence-electron chi connectivity index (χ1n) is 5.71. The average Bonchev–Trinajstić information content (AvgIpc) is 2.72. The summed E-state index contributed by atoms with van der Waals surface area (Å²) in [6.45, 7) is 1.78. The van der Waals surface area contributed by atoms with E-state index in [0.717, 1.165) is 37.6 Å². The molecule has 0 aliphatic carbocycles. The number of nitrogens with one attached hydrogen (secondary N) is 1. The van der Waals surface area contributed by atoms with Crippen molar-refractivity contribution in [1.82, 2.24) is 10.2 Å². The summed E-state index contributed by atoms with van der Waals surface area (Å²) < 4.78 is 11.4. The minimum Gasteiger partial charge on any atom is -0.616 e. The number of aliphatic carboxylic acids is 1. The molecular weight excluding hydrogens is 228 g/mol. The van der Waals surface area contributed by atoms with E-state index in [1.165, 1.54) is 0 Å². The van der Waals surface area contributed by atoms with Crippen LogP contribution in [0.4, 0.5) is 0 Å². The van der Waals surface area contributed by atoms with Crippen molar-refractivity contribution in [3.63, 3.8) is 0 Å². The average molecular weight is 246 g/mol. The monoisotopic (exact) mass is 246 g/mol. The van der Waals surface area contributed by atoms with Crippen molar-refractivity contribution < 1.29 is 14.5 Å². The number of carbonyl (C=O) groups is 1. The smallest absolute Gasteiger partial charge is 0.303 e. The molecule has 0 aromatic carbocycles. The van der Waals surface area contributed by atoms with Gasteiger partial charge in [0.1, 0.15) is 11.5 Å². The van der Waals surface area contributed by atoms with Gasteiger partial charge in [-0.1, -0.05) is 11.2 Å². The first-order chi connectivity index (χ1) is 7.66. The topological polar surface area (TPSA) is 75.6 Å². The van der Waals surface area contributed by atoms with Crippen molar-refractivity contribution >= 4 is 17.1 Å². The fourth-order valence-electron chi connectivity index (χ4n) is 2.43. The van der Waals surface area contributed by atoms with Gasteiger partial charge in [-0.2, -0.15) is 0 Å². The van der Waals surface area contributed by atoms with Gasteiger partial charge in [-0.25, -0.2) is 0 Å². The van der Waals surface area contributed by atoms with E-state index in [1.807, 2.05) is 0 Å². The normalized spacial score (nSPS) is 34.2. The predicted molar refractivity (Wildman–Crippen MR) is 61.6 cm³/mol. The van der Waals surface area contributed by atoms with Crippen molar-refractivity contribution in [3.8, 4) is 0 Å². The third-order valence-electron chi connectivity index (χ3n) is 3.30. The Hall–Kier alpha value is -0.300. The van der Waals surface area contributed by atoms with Crippen LogP contribution in [-0.2, 0) is 16.0 Å². The zero-order chi connectivity index (χ0) is 11.5. The summed E-state index contributed by atoms with van der Waals surface area (Å²) in [5.74, 6) is 0.826. The van der Waals surface area contributed by atoms with Gasteiger partial charge in [0.15, 0.2) is 0 Å². The highest BCUT2D eigenvalue weighted by Gasteiger charge is 2.44. The van der Waals surface area contributed by atoms with Crippen LogP contribution in [0.2, 0.25) is 0 Å². The molecule has 5 nitrogen and oxygen atoms in total. The van der Waals surface area contributed by atoms with Crippen LogP contribution >= 0.6 is 0 Å². The first kappa shape index (κ1) is 12.2. The Balaban J connectivity index is 1.68. The zero-order valence-corrected chi connectivity index (χ0v) is 10.0. The highest BCUT2D eigenvalue weighted by Crippen LogP contribution is 2.23. The zero-order valence-electron chi connectivity index (χ0n) is 9.22. The Morgan fingerprint density at radius 2 is 2.31 bits per heavy atom. The number of carboxylic acids is 1. The van der Waals surface area contributed by atoms with Gasteiger partial charge in [-0.15, -0.1) is 0 Å². The summed E-state index contributed by atoms with van der Waals surface area (Å²) in [5.41, 5.74) is 0. The predicted octanol–water partition coefficient (Wildman–Crippen LogP) is -0.396. The quantitative estimate of drug-likeness (QED) is 0.510. The minimum atomic E-state index is -0.723. The number of hydrogen-bond acceptors (Lipinski definition) is 4. The van der Waals surface area contributed by atoms with Crippen LogP contribution in [-0.4, -0.2) is 57.3 Å². The van der Waals surface area contributed by atoms with E-state index in [2.05, 4.69) is 10.2 Å². The molecule has 0 amide bonds. The summed E-state index contributed by atoms with van der Waals surface area (Å²) in [6, 6.07) is 0.797. The number of hydrogen-bond donors (Lipinski definition) is 2. The van der Waals surface area contributed by atoms with E-state index in [1.54, 1.807) is 0 Å². The Labute approximate surface area is 98.4 Å². The van der Waals surface area contributed by atoms with Gasteiger partial charge in [-0.05, 0) is 19.4 Å². The van der Waals surface area contributed by atoms with Crippen LogP contribution in [0, 0.1) is 0 Å². The molecule has 3 unspecified atom stereocenters. The maximum atomic E-state index is 11.4. The molecule has 0 spiro atoms. The molecular formula is C10H18N2O3S. The van der Waals surface area contributed by atoms with Crippen LogP contribution in [0.1, 0.15) is 19.3 Å². The van der Waals surface area contributed by atoms with Crippen LogP contribution in [0.25, 0.3) is 0 Å². The number of nitrogens with zero attached hydrogens (tertiary/aromatic N) is 1. The Morgan fingerprint density at radius 1 is 1.50 bits per heavy atom. The molecule has 2 N–H and O–H groups in total. The number of rotatable bonds is 5. The van der Waals surface area contributed by atoms with E-state index in [9.17, 15) is 9.35 Å². The van der Waals surface area contributed by atoms with Crippen LogP contribution < -0.4 is 5.32 Å². The standard InChI is InChI=1S/C10H18N2O3S/c13-10(14)3-1-2-4-12-7-11-8-5-16(15)6-9(8)12/h8-9,11H,1-7H2,(H,13,14). The number of fused-ring (bicyclic) bond motifs is 1. The molecule has 2 heterocycles. The third-order valence-corrected chi connectivity index (χ3v) is 4.74. The maximum Gasteiger partial charge on any atom is 0.303 e. The summed E-state index contributed by atoms with van der Waals surface area (Å²) in [4.78, 5) is 12.7. The lowest BCUT2D eigenvalue weighted by molar-refractivity contribution is -0.137. The maximum absolute atomic E-state index is 11.4. The molecule has 2 rings (SSSR count). The largest absolute Gasteiger partial charge is 0.616 e. The second-order valence-electron chi connectivity index (χ2n) is 4.47. The molecule has 2 aliphatic rings. The highest BCUT2D eigenvalue weighted by molar-refractivity contribution is 7.91. The van der Waals surface area contributed by atoms with Crippen LogP contribution in [0.3, 0.4) is 0 Å². The lowest BCUT2D eigenvalue weighted by Crippen LogP contribution is -2.35. The van der Waals surface area contributed by atoms with E-state index in [-0.39, 0.29) is 6.42 Å². The van der Waals surface area contributed by atoms with E-state index in [4.69, 9.17) is 5.11 Å². The molecule has 2 aliphatic heterocycles. The number of unbranched alkanes of at least 4 members (excludes halogenated alkanes) is 1. The molecule has 0 saturated carbocycles. The lowest BCUT2D eigenvalue weighted by Gasteiger charge is -2.20. The molecule has 16 heavy (non-hydrogen) atoms. The van der Waals surface area contributed by atoms with Gasteiger partial charge in [0.2, 0.25) is 0 Å². The van der Waals surface area contributed by atoms with E-state index in [0.29, 0.717) is 12.1 Å². The molecule has 0 aromatic heterocycles. The van der Waals surface area contributed by atoms with E-state index < -0.39 is 17.1 Å². The molecule has 2 saturated heterocycles. The molecule has 6 heteroatoms. The van der Waals surface area contributed by atoms with E-state index >= 15 is 0 Å². The van der Waals surface area contributed by atoms with Crippen LogP contribution in [0.15, 0.2) is 0 Å². The fraction of sp³-hybridized carbons (Fsp3) is 0.900. The Kier molecular flexibility index (Phi) is 4.07. The summed E-state index contributed by atoms with van der Waals surface area (Å²) in [5, 5.41) is 11.9. The van der Waals surface area contributed by atoms with Gasteiger partial charge < -0.3 is 9.66 Å². The summed E-state index contributed by atoms with van der Waals surface area (Å²) >= 11 is -0.665. The molecule has 0 aromatic rings. The number of carboxylic acid groups (broad SMARTS) is 1. The molecule has 3 atom stereocenters. The summed E-state index contributed by atoms with van der Waals surface area (Å²) in [7, 11) is 0.